The maximum Gasteiger partial charge on any atom is 0.333 e. The van der Waals surface area contributed by atoms with E-state index in [-0.39, 0.29) is 28.3 Å². The summed E-state index contributed by atoms with van der Waals surface area (Å²) in [5.74, 6) is 0.738. The molecular formula is C31H44O4. The third kappa shape index (κ3) is 4.91. The van der Waals surface area contributed by atoms with Gasteiger partial charge in [0.2, 0.25) is 0 Å². The molecule has 0 heterocycles. The van der Waals surface area contributed by atoms with E-state index in [0.717, 1.165) is 42.4 Å². The number of aliphatic hydroxyl groups excluding tert-OH is 1. The average molecular weight is 481 g/mol. The molecule has 0 unspecified atom stereocenters. The van der Waals surface area contributed by atoms with E-state index in [9.17, 15) is 14.7 Å². The van der Waals surface area contributed by atoms with Crippen molar-refractivity contribution in [3.8, 4) is 0 Å². The third-order valence-corrected chi connectivity index (χ3v) is 9.58. The number of fused-ring (bicyclic) bond motifs is 3. The first kappa shape index (κ1) is 27.4. The summed E-state index contributed by atoms with van der Waals surface area (Å²) in [6, 6.07) is 0. The number of hydrogen-bond donors (Lipinski definition) is 1. The highest BCUT2D eigenvalue weighted by Gasteiger charge is 2.64. The van der Waals surface area contributed by atoms with Gasteiger partial charge in [-0.25, -0.2) is 4.79 Å². The lowest BCUT2D eigenvalue weighted by molar-refractivity contribution is -0.157. The molecule has 3 aliphatic rings. The molecule has 0 spiro atoms. The lowest BCUT2D eigenvalue weighted by atomic mass is 9.43. The molecule has 0 aromatic heterocycles. The summed E-state index contributed by atoms with van der Waals surface area (Å²) in [7, 11) is 1.38. The summed E-state index contributed by atoms with van der Waals surface area (Å²) >= 11 is 0. The molecule has 0 aliphatic heterocycles. The van der Waals surface area contributed by atoms with Crippen LogP contribution in [0, 0.1) is 28.1 Å². The van der Waals surface area contributed by atoms with Crippen molar-refractivity contribution < 1.29 is 19.4 Å². The van der Waals surface area contributed by atoms with Gasteiger partial charge in [-0.1, -0.05) is 69.7 Å². The topological polar surface area (TPSA) is 63.6 Å². The predicted octanol–water partition coefficient (Wildman–Crippen LogP) is 6.67. The first-order valence-electron chi connectivity index (χ1n) is 13.0. The number of carbonyl (C=O) groups is 2. The number of ether oxygens (including phenoxy) is 1. The maximum absolute atomic E-state index is 13.4. The minimum atomic E-state index is -0.331. The van der Waals surface area contributed by atoms with Gasteiger partial charge in [0.1, 0.15) is 0 Å². The molecule has 3 saturated carbocycles. The zero-order valence-corrected chi connectivity index (χ0v) is 22.9. The van der Waals surface area contributed by atoms with Crippen LogP contribution in [0.3, 0.4) is 0 Å². The Hall–Kier alpha value is -2.20. The largest absolute Gasteiger partial charge is 0.466 e. The van der Waals surface area contributed by atoms with Crippen LogP contribution in [0.1, 0.15) is 80.6 Å². The van der Waals surface area contributed by atoms with Crippen LogP contribution in [0.4, 0.5) is 0 Å². The second-order valence-electron chi connectivity index (χ2n) is 12.1. The molecule has 0 radical (unpaired) electrons. The van der Waals surface area contributed by atoms with Crippen molar-refractivity contribution in [1.29, 1.82) is 0 Å². The van der Waals surface area contributed by atoms with Crippen LogP contribution in [-0.2, 0) is 14.3 Å². The Morgan fingerprint density at radius 2 is 1.63 bits per heavy atom. The van der Waals surface area contributed by atoms with Crippen LogP contribution in [0.25, 0.3) is 0 Å². The van der Waals surface area contributed by atoms with E-state index in [4.69, 9.17) is 4.74 Å². The smallest absolute Gasteiger partial charge is 0.333 e. The quantitative estimate of drug-likeness (QED) is 0.271. The average Bonchev–Trinajstić information content (AvgIpc) is 3.07. The first-order valence-corrected chi connectivity index (χ1v) is 13.0. The Balaban J connectivity index is 1.83. The van der Waals surface area contributed by atoms with Gasteiger partial charge in [0.25, 0.3) is 0 Å². The normalized spacial score (nSPS) is 36.9. The van der Waals surface area contributed by atoms with Gasteiger partial charge in [0, 0.05) is 23.0 Å². The fourth-order valence-electron chi connectivity index (χ4n) is 7.63. The lowest BCUT2D eigenvalue weighted by Crippen LogP contribution is -2.57. The molecular weight excluding hydrogens is 436 g/mol. The highest BCUT2D eigenvalue weighted by Crippen LogP contribution is 2.69. The predicted molar refractivity (Wildman–Crippen MR) is 142 cm³/mol. The molecule has 3 aliphatic carbocycles. The molecule has 1 N–H and O–H groups in total. The van der Waals surface area contributed by atoms with Crippen molar-refractivity contribution in [1.82, 2.24) is 0 Å². The number of allylic oxidation sites excluding steroid dienone is 9. The van der Waals surface area contributed by atoms with Crippen molar-refractivity contribution >= 4 is 11.8 Å². The number of esters is 1. The SMILES string of the molecule is COC(=O)\C(C)=C/C=C/C(C)=C/C=C/C(C)=C1\C(=O)C[C@H]2[C@@]3(C)CC[C@H](O)C(C)(C)[C@@H]3CC[C@]12C. The highest BCUT2D eigenvalue weighted by molar-refractivity contribution is 6.00. The van der Waals surface area contributed by atoms with Crippen molar-refractivity contribution in [2.24, 2.45) is 28.1 Å². The van der Waals surface area contributed by atoms with Gasteiger partial charge in [0.15, 0.2) is 5.78 Å². The van der Waals surface area contributed by atoms with Crippen LogP contribution in [0.5, 0.6) is 0 Å². The molecule has 3 rings (SSSR count). The van der Waals surface area contributed by atoms with Gasteiger partial charge in [0.05, 0.1) is 13.2 Å². The van der Waals surface area contributed by atoms with Crippen molar-refractivity contribution in [2.45, 2.75) is 86.7 Å². The van der Waals surface area contributed by atoms with Crippen LogP contribution < -0.4 is 0 Å². The number of aliphatic hydroxyl groups is 1. The number of ketones is 1. The minimum absolute atomic E-state index is 0.0776. The van der Waals surface area contributed by atoms with Gasteiger partial charge in [-0.15, -0.1) is 0 Å². The maximum atomic E-state index is 13.4. The number of Topliss-reactive ketones (excluding diaryl/α,β-unsaturated/α-hetero) is 1. The van der Waals surface area contributed by atoms with Gasteiger partial charge in [-0.3, -0.25) is 4.79 Å². The second kappa shape index (κ2) is 10.0. The molecule has 0 saturated heterocycles. The minimum Gasteiger partial charge on any atom is -0.466 e. The summed E-state index contributed by atoms with van der Waals surface area (Å²) in [6.45, 7) is 14.9. The van der Waals surface area contributed by atoms with E-state index in [1.165, 1.54) is 7.11 Å². The Kier molecular flexibility index (Phi) is 7.86. The summed E-state index contributed by atoms with van der Waals surface area (Å²) < 4.78 is 4.70. The fourth-order valence-corrected chi connectivity index (χ4v) is 7.63. The van der Waals surface area contributed by atoms with Gasteiger partial charge in [-0.2, -0.15) is 0 Å². The molecule has 0 amide bonds. The first-order chi connectivity index (χ1) is 16.3. The van der Waals surface area contributed by atoms with E-state index < -0.39 is 0 Å². The lowest BCUT2D eigenvalue weighted by Gasteiger charge is -2.62. The molecule has 0 aromatic rings. The second-order valence-corrected chi connectivity index (χ2v) is 12.1. The highest BCUT2D eigenvalue weighted by atomic mass is 16.5. The van der Waals surface area contributed by atoms with Crippen LogP contribution in [0.15, 0.2) is 58.7 Å². The van der Waals surface area contributed by atoms with E-state index >= 15 is 0 Å². The Bertz CT molecular complexity index is 1020. The van der Waals surface area contributed by atoms with E-state index in [0.29, 0.717) is 29.6 Å². The molecule has 0 bridgehead atoms. The summed E-state index contributed by atoms with van der Waals surface area (Å²) in [5, 5.41) is 10.7. The molecule has 35 heavy (non-hydrogen) atoms. The zero-order chi connectivity index (χ0) is 26.2. The van der Waals surface area contributed by atoms with E-state index in [1.807, 2.05) is 31.2 Å². The van der Waals surface area contributed by atoms with Gasteiger partial charge in [-0.05, 0) is 74.7 Å². The van der Waals surface area contributed by atoms with Gasteiger partial charge < -0.3 is 9.84 Å². The number of hydrogen-bond acceptors (Lipinski definition) is 4. The van der Waals surface area contributed by atoms with E-state index in [1.54, 1.807) is 13.0 Å². The molecule has 3 fully saturated rings. The standard InChI is InChI=1S/C31H44O4/c1-20(12-10-14-22(3)28(34)35-8)11-9-13-21(2)27-23(32)19-25-30(6)18-16-26(33)29(4,5)24(30)15-17-31(25,27)7/h9-14,24-26,33H,15-19H2,1-8H3/b12-10+,13-9+,20-11+,22-14-,27-21+/t24-,25-,26-,30-,31-/m0/s1. The van der Waals surface area contributed by atoms with Crippen molar-refractivity contribution in [3.05, 3.63) is 58.7 Å². The molecule has 4 heteroatoms. The fraction of sp³-hybridized carbons (Fsp3) is 0.613. The Labute approximate surface area is 211 Å². The summed E-state index contributed by atoms with van der Waals surface area (Å²) in [6.07, 6.45) is 15.9. The number of carbonyl (C=O) groups excluding carboxylic acids is 2. The zero-order valence-electron chi connectivity index (χ0n) is 22.9. The Morgan fingerprint density at radius 3 is 2.29 bits per heavy atom. The molecule has 0 aromatic carbocycles. The summed E-state index contributed by atoms with van der Waals surface area (Å²) in [5.41, 5.74) is 3.53. The number of rotatable bonds is 5. The van der Waals surface area contributed by atoms with Crippen molar-refractivity contribution in [2.75, 3.05) is 7.11 Å². The molecule has 192 valence electrons. The number of methoxy groups -OCH3 is 1. The molecule has 5 atom stereocenters. The monoisotopic (exact) mass is 480 g/mol. The van der Waals surface area contributed by atoms with E-state index in [2.05, 4.69) is 40.7 Å². The van der Waals surface area contributed by atoms with Crippen LogP contribution >= 0.6 is 0 Å². The Morgan fingerprint density at radius 1 is 0.971 bits per heavy atom. The molecule has 4 nitrogen and oxygen atoms in total. The van der Waals surface area contributed by atoms with Crippen LogP contribution in [-0.4, -0.2) is 30.1 Å². The third-order valence-electron chi connectivity index (χ3n) is 9.58. The summed E-state index contributed by atoms with van der Waals surface area (Å²) in [4.78, 5) is 24.9. The van der Waals surface area contributed by atoms with Crippen LogP contribution in [0.2, 0.25) is 0 Å². The van der Waals surface area contributed by atoms with Gasteiger partial charge >= 0.3 is 5.97 Å². The van der Waals surface area contributed by atoms with Crippen molar-refractivity contribution in [3.63, 3.8) is 0 Å².